The number of carbonyl (C=O) groups excluding carboxylic acids is 1. The Balaban J connectivity index is 2.61. The quantitative estimate of drug-likeness (QED) is 0.579. The number of anilines is 1. The number of amides is 2. The van der Waals surface area contributed by atoms with E-state index in [-0.39, 0.29) is 6.03 Å². The standard InChI is InChI=1S/C10H12N2OS/c1-2-8-11-10(13)12(14)9-6-4-3-5-7-9/h2-7,14H,1,8H2,(H,11,13). The summed E-state index contributed by atoms with van der Waals surface area (Å²) >= 11 is 4.07. The first kappa shape index (κ1) is 10.7. The topological polar surface area (TPSA) is 32.3 Å². The average Bonchev–Trinajstić information content (AvgIpc) is 2.26. The number of nitrogens with zero attached hydrogens (tertiary/aromatic N) is 1. The van der Waals surface area contributed by atoms with E-state index in [9.17, 15) is 4.79 Å². The van der Waals surface area contributed by atoms with Gasteiger partial charge >= 0.3 is 6.03 Å². The van der Waals surface area contributed by atoms with E-state index in [1.165, 1.54) is 4.31 Å². The molecule has 0 unspecified atom stereocenters. The van der Waals surface area contributed by atoms with E-state index in [0.717, 1.165) is 5.69 Å². The van der Waals surface area contributed by atoms with Crippen LogP contribution in [0.3, 0.4) is 0 Å². The Morgan fingerprint density at radius 3 is 2.71 bits per heavy atom. The van der Waals surface area contributed by atoms with E-state index in [2.05, 4.69) is 24.7 Å². The molecule has 0 heterocycles. The Bertz CT molecular complexity index is 313. The molecule has 0 aliphatic heterocycles. The van der Waals surface area contributed by atoms with Gasteiger partial charge in [0.1, 0.15) is 0 Å². The summed E-state index contributed by atoms with van der Waals surface area (Å²) in [5.74, 6) is 0. The first-order valence-electron chi connectivity index (χ1n) is 4.18. The molecule has 4 heteroatoms. The number of urea groups is 1. The van der Waals surface area contributed by atoms with Crippen molar-refractivity contribution in [1.29, 1.82) is 0 Å². The fraction of sp³-hybridized carbons (Fsp3) is 0.100. The van der Waals surface area contributed by atoms with Crippen molar-refractivity contribution in [3.63, 3.8) is 0 Å². The molecule has 0 bridgehead atoms. The second-order valence-corrected chi connectivity index (χ2v) is 3.02. The van der Waals surface area contributed by atoms with Crippen molar-refractivity contribution in [2.45, 2.75) is 0 Å². The summed E-state index contributed by atoms with van der Waals surface area (Å²) in [7, 11) is 0. The van der Waals surface area contributed by atoms with Crippen LogP contribution in [0.4, 0.5) is 10.5 Å². The first-order chi connectivity index (χ1) is 6.75. The molecule has 0 saturated carbocycles. The molecule has 0 aliphatic rings. The molecule has 0 aliphatic carbocycles. The van der Waals surface area contributed by atoms with Gasteiger partial charge in [0.15, 0.2) is 0 Å². The highest BCUT2D eigenvalue weighted by Gasteiger charge is 2.09. The van der Waals surface area contributed by atoms with Gasteiger partial charge in [0, 0.05) is 6.54 Å². The number of thiol groups is 1. The average molecular weight is 208 g/mol. The van der Waals surface area contributed by atoms with Crippen molar-refractivity contribution in [2.24, 2.45) is 0 Å². The number of hydrogen-bond acceptors (Lipinski definition) is 2. The summed E-state index contributed by atoms with van der Waals surface area (Å²) in [6.07, 6.45) is 1.62. The largest absolute Gasteiger partial charge is 0.334 e. The zero-order valence-electron chi connectivity index (χ0n) is 7.68. The summed E-state index contributed by atoms with van der Waals surface area (Å²) < 4.78 is 1.25. The van der Waals surface area contributed by atoms with Crippen molar-refractivity contribution in [1.82, 2.24) is 5.32 Å². The number of para-hydroxylation sites is 1. The van der Waals surface area contributed by atoms with Gasteiger partial charge in [-0.15, -0.1) is 6.58 Å². The van der Waals surface area contributed by atoms with Gasteiger partial charge < -0.3 is 5.32 Å². The Morgan fingerprint density at radius 2 is 2.14 bits per heavy atom. The number of rotatable bonds is 3. The van der Waals surface area contributed by atoms with E-state index in [4.69, 9.17) is 0 Å². The van der Waals surface area contributed by atoms with Crippen molar-refractivity contribution < 1.29 is 4.79 Å². The maximum absolute atomic E-state index is 11.4. The summed E-state index contributed by atoms with van der Waals surface area (Å²) in [5, 5.41) is 2.62. The van der Waals surface area contributed by atoms with Crippen molar-refractivity contribution in [3.05, 3.63) is 43.0 Å². The molecule has 0 aromatic heterocycles. The van der Waals surface area contributed by atoms with Gasteiger partial charge in [-0.1, -0.05) is 37.1 Å². The van der Waals surface area contributed by atoms with E-state index in [0.29, 0.717) is 6.54 Å². The second-order valence-electron chi connectivity index (χ2n) is 2.62. The lowest BCUT2D eigenvalue weighted by atomic mass is 10.3. The Labute approximate surface area is 89.0 Å². The smallest absolute Gasteiger partial charge is 0.332 e. The molecule has 14 heavy (non-hydrogen) atoms. The number of benzene rings is 1. The number of nitrogens with one attached hydrogen (secondary N) is 1. The molecule has 0 atom stereocenters. The maximum Gasteiger partial charge on any atom is 0.332 e. The molecule has 2 amide bonds. The third-order valence-electron chi connectivity index (χ3n) is 1.59. The van der Waals surface area contributed by atoms with Crippen molar-refractivity contribution in [3.8, 4) is 0 Å². The normalized spacial score (nSPS) is 9.21. The van der Waals surface area contributed by atoms with E-state index < -0.39 is 0 Å². The van der Waals surface area contributed by atoms with Crippen LogP contribution in [0.1, 0.15) is 0 Å². The molecule has 0 radical (unpaired) electrons. The molecule has 1 aromatic carbocycles. The van der Waals surface area contributed by atoms with Gasteiger partial charge in [0.05, 0.1) is 5.69 Å². The van der Waals surface area contributed by atoms with Crippen LogP contribution in [0.2, 0.25) is 0 Å². The zero-order valence-corrected chi connectivity index (χ0v) is 8.58. The van der Waals surface area contributed by atoms with Crippen LogP contribution in [0, 0.1) is 0 Å². The van der Waals surface area contributed by atoms with Gasteiger partial charge in [-0.25, -0.2) is 9.10 Å². The Morgan fingerprint density at radius 1 is 1.50 bits per heavy atom. The lowest BCUT2D eigenvalue weighted by Gasteiger charge is -2.15. The van der Waals surface area contributed by atoms with Crippen LogP contribution >= 0.6 is 12.8 Å². The minimum atomic E-state index is -0.264. The zero-order chi connectivity index (χ0) is 10.4. The van der Waals surface area contributed by atoms with Crippen LogP contribution in [0.25, 0.3) is 0 Å². The van der Waals surface area contributed by atoms with Gasteiger partial charge in [-0.2, -0.15) is 0 Å². The predicted molar refractivity (Wildman–Crippen MR) is 61.5 cm³/mol. The molecular formula is C10H12N2OS. The molecule has 1 aromatic rings. The van der Waals surface area contributed by atoms with Crippen molar-refractivity contribution >= 4 is 24.5 Å². The maximum atomic E-state index is 11.4. The molecule has 1 N–H and O–H groups in total. The SMILES string of the molecule is C=CCNC(=O)N(S)c1ccccc1. The summed E-state index contributed by atoms with van der Waals surface area (Å²) in [6, 6.07) is 8.92. The van der Waals surface area contributed by atoms with Gasteiger partial charge in [0.25, 0.3) is 0 Å². The van der Waals surface area contributed by atoms with Crippen LogP contribution < -0.4 is 9.62 Å². The summed E-state index contributed by atoms with van der Waals surface area (Å²) in [6.45, 7) is 3.94. The molecule has 74 valence electrons. The van der Waals surface area contributed by atoms with Gasteiger partial charge in [0.2, 0.25) is 0 Å². The molecule has 0 fully saturated rings. The number of hydrogen-bond donors (Lipinski definition) is 2. The molecule has 3 nitrogen and oxygen atoms in total. The fourth-order valence-electron chi connectivity index (χ4n) is 0.921. The predicted octanol–water partition coefficient (Wildman–Crippen LogP) is 2.23. The van der Waals surface area contributed by atoms with E-state index >= 15 is 0 Å². The van der Waals surface area contributed by atoms with Gasteiger partial charge in [-0.05, 0) is 12.1 Å². The van der Waals surface area contributed by atoms with Crippen LogP contribution in [0.15, 0.2) is 43.0 Å². The second kappa shape index (κ2) is 5.34. The highest BCUT2D eigenvalue weighted by molar-refractivity contribution is 7.82. The van der Waals surface area contributed by atoms with E-state index in [1.807, 2.05) is 18.2 Å². The minimum Gasteiger partial charge on any atom is -0.334 e. The van der Waals surface area contributed by atoms with Crippen LogP contribution in [-0.2, 0) is 0 Å². The monoisotopic (exact) mass is 208 g/mol. The lowest BCUT2D eigenvalue weighted by molar-refractivity contribution is 0.251. The van der Waals surface area contributed by atoms with Crippen LogP contribution in [0.5, 0.6) is 0 Å². The highest BCUT2D eigenvalue weighted by Crippen LogP contribution is 2.14. The summed E-state index contributed by atoms with van der Waals surface area (Å²) in [4.78, 5) is 11.4. The Kier molecular flexibility index (Phi) is 4.07. The lowest BCUT2D eigenvalue weighted by Crippen LogP contribution is -2.33. The molecule has 0 spiro atoms. The molecular weight excluding hydrogens is 196 g/mol. The van der Waals surface area contributed by atoms with Crippen molar-refractivity contribution in [2.75, 3.05) is 10.8 Å². The van der Waals surface area contributed by atoms with Gasteiger partial charge in [-0.3, -0.25) is 0 Å². The Hall–Kier alpha value is -1.42. The van der Waals surface area contributed by atoms with Crippen LogP contribution in [-0.4, -0.2) is 12.6 Å². The minimum absolute atomic E-state index is 0.264. The third kappa shape index (κ3) is 2.81. The molecule has 1 rings (SSSR count). The third-order valence-corrected chi connectivity index (χ3v) is 2.00. The number of carbonyl (C=O) groups is 1. The fourth-order valence-corrected chi connectivity index (χ4v) is 1.12. The molecule has 0 saturated heterocycles. The highest BCUT2D eigenvalue weighted by atomic mass is 32.1. The van der Waals surface area contributed by atoms with E-state index in [1.54, 1.807) is 18.2 Å². The summed E-state index contributed by atoms with van der Waals surface area (Å²) in [5.41, 5.74) is 0.734. The first-order valence-corrected chi connectivity index (χ1v) is 4.58.